The van der Waals surface area contributed by atoms with E-state index in [-0.39, 0.29) is 17.8 Å². The second kappa shape index (κ2) is 5.24. The predicted molar refractivity (Wildman–Crippen MR) is 58.4 cm³/mol. The summed E-state index contributed by atoms with van der Waals surface area (Å²) in [5.74, 6) is -1.66. The topological polar surface area (TPSA) is 92.5 Å². The third kappa shape index (κ3) is 3.71. The number of nitro benzene ring substituents is 1. The van der Waals surface area contributed by atoms with Crippen LogP contribution >= 0.6 is 0 Å². The lowest BCUT2D eigenvalue weighted by Crippen LogP contribution is -2.20. The van der Waals surface area contributed by atoms with Crippen molar-refractivity contribution in [2.24, 2.45) is 0 Å². The van der Waals surface area contributed by atoms with Gasteiger partial charge in [0.05, 0.1) is 11.3 Å². The molecule has 0 bridgehead atoms. The van der Waals surface area contributed by atoms with E-state index in [9.17, 15) is 19.3 Å². The SMILES string of the molecule is CC(CC(=O)O)Nc1cc(F)ccc1[N+](=O)[O-]. The third-order valence-corrected chi connectivity index (χ3v) is 2.04. The van der Waals surface area contributed by atoms with Gasteiger partial charge in [0.1, 0.15) is 11.5 Å². The van der Waals surface area contributed by atoms with Crippen LogP contribution in [-0.4, -0.2) is 22.0 Å². The zero-order valence-corrected chi connectivity index (χ0v) is 9.01. The summed E-state index contributed by atoms with van der Waals surface area (Å²) in [4.78, 5) is 20.4. The number of nitrogens with zero attached hydrogens (tertiary/aromatic N) is 1. The molecule has 0 aliphatic carbocycles. The number of carboxylic acids is 1. The van der Waals surface area contributed by atoms with Crippen LogP contribution < -0.4 is 5.32 Å². The first-order chi connectivity index (χ1) is 7.90. The number of carboxylic acid groups (broad SMARTS) is 1. The number of nitro groups is 1. The van der Waals surface area contributed by atoms with Gasteiger partial charge in [0.2, 0.25) is 0 Å². The molecule has 0 saturated carbocycles. The summed E-state index contributed by atoms with van der Waals surface area (Å²) in [6.07, 6.45) is -0.215. The van der Waals surface area contributed by atoms with Crippen molar-refractivity contribution in [3.8, 4) is 0 Å². The van der Waals surface area contributed by atoms with Crippen LogP contribution in [0.4, 0.5) is 15.8 Å². The van der Waals surface area contributed by atoms with E-state index in [0.717, 1.165) is 18.2 Å². The van der Waals surface area contributed by atoms with Gasteiger partial charge >= 0.3 is 5.97 Å². The zero-order valence-electron chi connectivity index (χ0n) is 9.01. The Bertz CT molecular complexity index is 450. The van der Waals surface area contributed by atoms with Gasteiger partial charge in [-0.2, -0.15) is 0 Å². The number of rotatable bonds is 5. The molecule has 1 aromatic rings. The molecule has 2 N–H and O–H groups in total. The molecule has 0 saturated heterocycles. The van der Waals surface area contributed by atoms with Crippen molar-refractivity contribution >= 4 is 17.3 Å². The van der Waals surface area contributed by atoms with Crippen molar-refractivity contribution in [1.29, 1.82) is 0 Å². The second-order valence-electron chi connectivity index (χ2n) is 3.56. The second-order valence-corrected chi connectivity index (χ2v) is 3.56. The van der Waals surface area contributed by atoms with Crippen LogP contribution in [-0.2, 0) is 4.79 Å². The van der Waals surface area contributed by atoms with Crippen molar-refractivity contribution in [3.05, 3.63) is 34.1 Å². The van der Waals surface area contributed by atoms with Crippen molar-refractivity contribution in [2.45, 2.75) is 19.4 Å². The summed E-state index contributed by atoms with van der Waals surface area (Å²) in [6.45, 7) is 1.54. The van der Waals surface area contributed by atoms with Crippen LogP contribution in [0.25, 0.3) is 0 Å². The summed E-state index contributed by atoms with van der Waals surface area (Å²) in [5, 5.41) is 21.8. The van der Waals surface area contributed by atoms with Gasteiger partial charge in [0.25, 0.3) is 5.69 Å². The normalized spacial score (nSPS) is 11.9. The highest BCUT2D eigenvalue weighted by Crippen LogP contribution is 2.25. The molecule has 1 atom stereocenters. The highest BCUT2D eigenvalue weighted by atomic mass is 19.1. The Hall–Kier alpha value is -2.18. The summed E-state index contributed by atoms with van der Waals surface area (Å²) in [7, 11) is 0. The van der Waals surface area contributed by atoms with E-state index in [1.54, 1.807) is 6.92 Å². The molecule has 0 aliphatic rings. The molecule has 0 aromatic heterocycles. The minimum atomic E-state index is -1.04. The smallest absolute Gasteiger partial charge is 0.305 e. The van der Waals surface area contributed by atoms with Gasteiger partial charge in [-0.3, -0.25) is 14.9 Å². The zero-order chi connectivity index (χ0) is 13.0. The van der Waals surface area contributed by atoms with Gasteiger partial charge in [-0.05, 0) is 13.0 Å². The highest BCUT2D eigenvalue weighted by Gasteiger charge is 2.17. The molecule has 6 nitrogen and oxygen atoms in total. The summed E-state index contributed by atoms with van der Waals surface area (Å²) in [5.41, 5.74) is -0.313. The fourth-order valence-electron chi connectivity index (χ4n) is 1.36. The standard InChI is InChI=1S/C10H11FN2O4/c1-6(4-10(14)15)12-8-5-7(11)2-3-9(8)13(16)17/h2-3,5-6,12H,4H2,1H3,(H,14,15). The monoisotopic (exact) mass is 242 g/mol. The molecular weight excluding hydrogens is 231 g/mol. The lowest BCUT2D eigenvalue weighted by molar-refractivity contribution is -0.384. The van der Waals surface area contributed by atoms with E-state index in [0.29, 0.717) is 0 Å². The van der Waals surface area contributed by atoms with Crippen molar-refractivity contribution < 1.29 is 19.2 Å². The molecule has 7 heteroatoms. The quantitative estimate of drug-likeness (QED) is 0.608. The molecule has 1 aromatic carbocycles. The Morgan fingerprint density at radius 1 is 1.65 bits per heavy atom. The number of hydrogen-bond donors (Lipinski definition) is 2. The number of hydrogen-bond acceptors (Lipinski definition) is 4. The highest BCUT2D eigenvalue weighted by molar-refractivity contribution is 5.69. The van der Waals surface area contributed by atoms with Crippen LogP contribution in [0, 0.1) is 15.9 Å². The summed E-state index contributed by atoms with van der Waals surface area (Å²) >= 11 is 0. The summed E-state index contributed by atoms with van der Waals surface area (Å²) in [6, 6.07) is 2.44. The third-order valence-electron chi connectivity index (χ3n) is 2.04. The van der Waals surface area contributed by atoms with E-state index in [4.69, 9.17) is 5.11 Å². The lowest BCUT2D eigenvalue weighted by atomic mass is 10.2. The van der Waals surface area contributed by atoms with Gasteiger partial charge in [-0.25, -0.2) is 4.39 Å². The Kier molecular flexibility index (Phi) is 3.97. The Balaban J connectivity index is 2.92. The maximum atomic E-state index is 12.9. The molecule has 1 rings (SSSR count). The van der Waals surface area contributed by atoms with Gasteiger partial charge in [0.15, 0.2) is 0 Å². The fraction of sp³-hybridized carbons (Fsp3) is 0.300. The first-order valence-corrected chi connectivity index (χ1v) is 4.82. The number of anilines is 1. The molecule has 0 spiro atoms. The Morgan fingerprint density at radius 3 is 2.82 bits per heavy atom. The summed E-state index contributed by atoms with van der Waals surface area (Å²) < 4.78 is 12.9. The number of halogens is 1. The molecule has 1 unspecified atom stereocenters. The van der Waals surface area contributed by atoms with Crippen LogP contribution in [0.2, 0.25) is 0 Å². The van der Waals surface area contributed by atoms with Crippen molar-refractivity contribution in [2.75, 3.05) is 5.32 Å². The average molecular weight is 242 g/mol. The van der Waals surface area contributed by atoms with Gasteiger partial charge in [-0.15, -0.1) is 0 Å². The van der Waals surface area contributed by atoms with Crippen LogP contribution in [0.1, 0.15) is 13.3 Å². The van der Waals surface area contributed by atoms with E-state index in [1.807, 2.05) is 0 Å². The fourth-order valence-corrected chi connectivity index (χ4v) is 1.36. The Labute approximate surface area is 96.2 Å². The molecule has 92 valence electrons. The van der Waals surface area contributed by atoms with Crippen LogP contribution in [0.5, 0.6) is 0 Å². The van der Waals surface area contributed by atoms with Crippen molar-refractivity contribution in [3.63, 3.8) is 0 Å². The minimum absolute atomic E-state index is 0.0243. The maximum absolute atomic E-state index is 12.9. The van der Waals surface area contributed by atoms with Crippen LogP contribution in [0.3, 0.4) is 0 Å². The molecule has 0 amide bonds. The van der Waals surface area contributed by atoms with Gasteiger partial charge in [-0.1, -0.05) is 0 Å². The molecule has 0 radical (unpaired) electrons. The van der Waals surface area contributed by atoms with Gasteiger partial charge in [0, 0.05) is 18.2 Å². The molecular formula is C10H11FN2O4. The number of nitrogens with one attached hydrogen (secondary N) is 1. The largest absolute Gasteiger partial charge is 0.481 e. The molecule has 0 fully saturated rings. The van der Waals surface area contributed by atoms with E-state index < -0.39 is 22.8 Å². The first kappa shape index (κ1) is 12.9. The van der Waals surface area contributed by atoms with Gasteiger partial charge < -0.3 is 10.4 Å². The lowest BCUT2D eigenvalue weighted by Gasteiger charge is -2.13. The Morgan fingerprint density at radius 2 is 2.29 bits per heavy atom. The van der Waals surface area contributed by atoms with E-state index in [1.165, 1.54) is 0 Å². The maximum Gasteiger partial charge on any atom is 0.305 e. The molecule has 17 heavy (non-hydrogen) atoms. The van der Waals surface area contributed by atoms with Crippen molar-refractivity contribution in [1.82, 2.24) is 0 Å². The number of carbonyl (C=O) groups is 1. The molecule has 0 aliphatic heterocycles. The van der Waals surface area contributed by atoms with Crippen LogP contribution in [0.15, 0.2) is 18.2 Å². The molecule has 0 heterocycles. The average Bonchev–Trinajstić information content (AvgIpc) is 2.15. The number of benzene rings is 1. The predicted octanol–water partition coefficient (Wildman–Crippen LogP) is 2.01. The minimum Gasteiger partial charge on any atom is -0.481 e. The van der Waals surface area contributed by atoms with E-state index in [2.05, 4.69) is 5.32 Å². The first-order valence-electron chi connectivity index (χ1n) is 4.82. The number of aliphatic carboxylic acids is 1. The van der Waals surface area contributed by atoms with E-state index >= 15 is 0 Å².